The number of hydrogen-bond acceptors (Lipinski definition) is 6. The molecule has 1 fully saturated rings. The van der Waals surface area contributed by atoms with Gasteiger partial charge in [0.15, 0.2) is 0 Å². The maximum Gasteiger partial charge on any atom is 0.333 e. The number of nitrogens with zero attached hydrogens (tertiary/aromatic N) is 2. The highest BCUT2D eigenvalue weighted by atomic mass is 127. The van der Waals surface area contributed by atoms with Crippen molar-refractivity contribution in [2.24, 2.45) is 7.05 Å². The zero-order valence-electron chi connectivity index (χ0n) is 21.1. The number of rotatable bonds is 5. The molecule has 3 heterocycles. The molecule has 12 heteroatoms. The molecule has 0 unspecified atom stereocenters. The summed E-state index contributed by atoms with van der Waals surface area (Å²) in [7, 11) is 1.46. The first-order valence-corrected chi connectivity index (χ1v) is 13.3. The first kappa shape index (κ1) is 26.8. The number of hydrogen-bond donors (Lipinski definition) is 3. The van der Waals surface area contributed by atoms with E-state index in [0.717, 1.165) is 0 Å². The Morgan fingerprint density at radius 2 is 1.87 bits per heavy atom. The first-order valence-electron chi connectivity index (χ1n) is 12.3. The van der Waals surface area contributed by atoms with Gasteiger partial charge in [-0.2, -0.15) is 0 Å². The lowest BCUT2D eigenvalue weighted by Gasteiger charge is -2.23. The minimum atomic E-state index is -0.780. The van der Waals surface area contributed by atoms with Gasteiger partial charge in [-0.3, -0.25) is 28.5 Å². The van der Waals surface area contributed by atoms with Crippen LogP contribution in [0.15, 0.2) is 56.8 Å². The van der Waals surface area contributed by atoms with E-state index in [0.29, 0.717) is 35.2 Å². The highest BCUT2D eigenvalue weighted by molar-refractivity contribution is 14.1. The van der Waals surface area contributed by atoms with Crippen molar-refractivity contribution < 1.29 is 13.9 Å². The lowest BCUT2D eigenvalue weighted by molar-refractivity contribution is 0.0696. The molecule has 0 atom stereocenters. The fourth-order valence-corrected chi connectivity index (χ4v) is 5.19. The fraction of sp³-hybridized carbons (Fsp3) is 0.259. The van der Waals surface area contributed by atoms with Crippen LogP contribution >= 0.6 is 22.6 Å². The standard InChI is InChI=1S/C27H25FIN5O5/c1-14-22-21(23(33(2)26(14)37)31-20-7-6-16(29)13-19(20)28)25(36)32-27(38)34(22)18-5-3-4-15(12-18)24(35)30-17-8-10-39-11-9-17/h3-7,12-13,17,31H,8-11H2,1-2H3,(H,30,35)(H,32,36,38). The summed E-state index contributed by atoms with van der Waals surface area (Å²) < 4.78 is 23.1. The highest BCUT2D eigenvalue weighted by Crippen LogP contribution is 2.27. The molecular formula is C27H25FIN5O5. The smallest absolute Gasteiger partial charge is 0.333 e. The fourth-order valence-electron chi connectivity index (χ4n) is 4.74. The SMILES string of the molecule is Cc1c(=O)n(C)c(Nc2ccc(I)cc2F)c2c(=O)[nH]c(=O)n(-c3cccc(C(=O)NC4CCOCC4)c3)c12. The molecule has 0 bridgehead atoms. The van der Waals surface area contributed by atoms with E-state index in [2.05, 4.69) is 15.6 Å². The van der Waals surface area contributed by atoms with Gasteiger partial charge in [0.2, 0.25) is 0 Å². The summed E-state index contributed by atoms with van der Waals surface area (Å²) in [6, 6.07) is 10.8. The summed E-state index contributed by atoms with van der Waals surface area (Å²) in [5, 5.41) is 5.84. The second kappa shape index (κ2) is 10.8. The van der Waals surface area contributed by atoms with Crippen LogP contribution in [-0.2, 0) is 11.8 Å². The number of nitrogens with one attached hydrogen (secondary N) is 3. The third-order valence-corrected chi connectivity index (χ3v) is 7.44. The van der Waals surface area contributed by atoms with Gasteiger partial charge in [-0.15, -0.1) is 0 Å². The molecule has 5 rings (SSSR count). The van der Waals surface area contributed by atoms with Gasteiger partial charge in [-0.25, -0.2) is 9.18 Å². The van der Waals surface area contributed by atoms with Gasteiger partial charge >= 0.3 is 5.69 Å². The topological polar surface area (TPSA) is 127 Å². The van der Waals surface area contributed by atoms with Crippen molar-refractivity contribution in [1.29, 1.82) is 0 Å². The van der Waals surface area contributed by atoms with Gasteiger partial charge in [0, 0.05) is 41.0 Å². The van der Waals surface area contributed by atoms with Crippen molar-refractivity contribution in [2.75, 3.05) is 18.5 Å². The van der Waals surface area contributed by atoms with Crippen molar-refractivity contribution in [2.45, 2.75) is 25.8 Å². The van der Waals surface area contributed by atoms with Gasteiger partial charge in [0.25, 0.3) is 17.0 Å². The van der Waals surface area contributed by atoms with Crippen LogP contribution in [-0.4, -0.2) is 39.3 Å². The highest BCUT2D eigenvalue weighted by Gasteiger charge is 2.22. The molecule has 2 aromatic heterocycles. The van der Waals surface area contributed by atoms with E-state index in [1.54, 1.807) is 24.3 Å². The van der Waals surface area contributed by atoms with Crippen LogP contribution in [0.25, 0.3) is 16.6 Å². The quantitative estimate of drug-likeness (QED) is 0.287. The molecule has 4 aromatic rings. The lowest BCUT2D eigenvalue weighted by atomic mass is 10.1. The molecule has 1 aliphatic heterocycles. The molecule has 0 radical (unpaired) electrons. The number of anilines is 2. The van der Waals surface area contributed by atoms with Crippen LogP contribution in [0, 0.1) is 16.3 Å². The minimum Gasteiger partial charge on any atom is -0.381 e. The maximum absolute atomic E-state index is 14.7. The average Bonchev–Trinajstić information content (AvgIpc) is 2.91. The van der Waals surface area contributed by atoms with Crippen molar-refractivity contribution in [1.82, 2.24) is 19.4 Å². The number of aromatic nitrogens is 3. The molecule has 10 nitrogen and oxygen atoms in total. The van der Waals surface area contributed by atoms with Crippen molar-refractivity contribution >= 4 is 50.9 Å². The van der Waals surface area contributed by atoms with Gasteiger partial charge in [0.05, 0.1) is 16.9 Å². The molecule has 3 N–H and O–H groups in total. The number of carbonyl (C=O) groups is 1. The maximum atomic E-state index is 14.7. The molecule has 0 spiro atoms. The first-order chi connectivity index (χ1) is 18.7. The van der Waals surface area contributed by atoms with Crippen LogP contribution in [0.2, 0.25) is 0 Å². The Kier molecular flexibility index (Phi) is 7.40. The number of amides is 1. The predicted molar refractivity (Wildman–Crippen MR) is 154 cm³/mol. The summed E-state index contributed by atoms with van der Waals surface area (Å²) in [6.07, 6.45) is 1.41. The van der Waals surface area contributed by atoms with Gasteiger partial charge in [0.1, 0.15) is 17.0 Å². The van der Waals surface area contributed by atoms with Crippen LogP contribution < -0.4 is 27.4 Å². The number of benzene rings is 2. The Labute approximate surface area is 235 Å². The number of carbonyl (C=O) groups excluding carboxylic acids is 1. The molecule has 202 valence electrons. The molecule has 0 aliphatic carbocycles. The second-order valence-corrected chi connectivity index (χ2v) is 10.6. The number of aromatic amines is 1. The molecule has 1 saturated heterocycles. The van der Waals surface area contributed by atoms with E-state index in [9.17, 15) is 23.6 Å². The molecule has 1 aliphatic rings. The largest absolute Gasteiger partial charge is 0.381 e. The Hall–Kier alpha value is -3.78. The summed E-state index contributed by atoms with van der Waals surface area (Å²) in [5.74, 6) is -0.866. The monoisotopic (exact) mass is 645 g/mol. The van der Waals surface area contributed by atoms with Gasteiger partial charge < -0.3 is 15.4 Å². The van der Waals surface area contributed by atoms with Crippen LogP contribution in [0.5, 0.6) is 0 Å². The second-order valence-electron chi connectivity index (χ2n) is 9.32. The molecular weight excluding hydrogens is 620 g/mol. The zero-order valence-corrected chi connectivity index (χ0v) is 23.3. The normalized spacial score (nSPS) is 13.9. The van der Waals surface area contributed by atoms with E-state index in [1.807, 2.05) is 22.6 Å². The number of H-pyrrole nitrogens is 1. The summed E-state index contributed by atoms with van der Waals surface area (Å²) in [5.41, 5.74) is -1.16. The Morgan fingerprint density at radius 3 is 2.59 bits per heavy atom. The van der Waals surface area contributed by atoms with Crippen molar-refractivity contribution in [3.8, 4) is 5.69 Å². The van der Waals surface area contributed by atoms with Crippen molar-refractivity contribution in [3.63, 3.8) is 0 Å². The van der Waals surface area contributed by atoms with Gasteiger partial charge in [-0.1, -0.05) is 6.07 Å². The molecule has 1 amide bonds. The van der Waals surface area contributed by atoms with Crippen molar-refractivity contribution in [3.05, 3.63) is 94.2 Å². The average molecular weight is 645 g/mol. The third kappa shape index (κ3) is 5.13. The van der Waals surface area contributed by atoms with E-state index >= 15 is 0 Å². The van der Waals surface area contributed by atoms with Gasteiger partial charge in [-0.05, 0) is 78.8 Å². The minimum absolute atomic E-state index is 0.00999. The number of pyridine rings is 1. The summed E-state index contributed by atoms with van der Waals surface area (Å²) in [4.78, 5) is 54.9. The number of fused-ring (bicyclic) bond motifs is 1. The molecule has 0 saturated carbocycles. The Bertz CT molecular complexity index is 1790. The summed E-state index contributed by atoms with van der Waals surface area (Å²) >= 11 is 1.98. The molecule has 2 aromatic carbocycles. The van der Waals surface area contributed by atoms with Crippen LogP contribution in [0.1, 0.15) is 28.8 Å². The van der Waals surface area contributed by atoms with E-state index in [-0.39, 0.29) is 45.6 Å². The Morgan fingerprint density at radius 1 is 1.13 bits per heavy atom. The Balaban J connectivity index is 1.68. The number of halogens is 2. The van der Waals surface area contributed by atoms with Crippen LogP contribution in [0.4, 0.5) is 15.9 Å². The number of aryl methyl sites for hydroxylation is 1. The predicted octanol–water partition coefficient (Wildman–Crippen LogP) is 3.08. The molecule has 39 heavy (non-hydrogen) atoms. The van der Waals surface area contributed by atoms with Crippen LogP contribution in [0.3, 0.4) is 0 Å². The zero-order chi connectivity index (χ0) is 27.8. The number of ether oxygens (including phenoxy) is 1. The lowest BCUT2D eigenvalue weighted by Crippen LogP contribution is -2.39. The van der Waals surface area contributed by atoms with E-state index in [4.69, 9.17) is 4.74 Å². The summed E-state index contributed by atoms with van der Waals surface area (Å²) in [6.45, 7) is 2.65. The third-order valence-electron chi connectivity index (χ3n) is 6.77. The van der Waals surface area contributed by atoms with E-state index in [1.165, 1.54) is 41.3 Å². The van der Waals surface area contributed by atoms with E-state index < -0.39 is 22.6 Å².